The van der Waals surface area contributed by atoms with Crippen molar-refractivity contribution in [3.8, 4) is 5.75 Å². The number of nitrogens with zero attached hydrogens (tertiary/aromatic N) is 1. The average molecular weight is 191 g/mol. The summed E-state index contributed by atoms with van der Waals surface area (Å²) < 4.78 is 5.63. The van der Waals surface area contributed by atoms with Crippen LogP contribution in [0, 0.1) is 0 Å². The molecule has 0 amide bonds. The second kappa shape index (κ2) is 4.01. The van der Waals surface area contributed by atoms with E-state index in [1.165, 1.54) is 17.5 Å². The first-order valence-electron chi connectivity index (χ1n) is 5.15. The van der Waals surface area contributed by atoms with Crippen LogP contribution in [0.2, 0.25) is 0 Å². The van der Waals surface area contributed by atoms with Gasteiger partial charge in [-0.3, -0.25) is 0 Å². The van der Waals surface area contributed by atoms with E-state index >= 15 is 0 Å². The zero-order chi connectivity index (χ0) is 9.97. The van der Waals surface area contributed by atoms with Crippen LogP contribution in [-0.4, -0.2) is 25.6 Å². The number of fused-ring (bicyclic) bond motifs is 1. The Labute approximate surface area is 85.5 Å². The second-order valence-electron chi connectivity index (χ2n) is 4.08. The Hall–Kier alpha value is -1.02. The van der Waals surface area contributed by atoms with Crippen molar-refractivity contribution in [1.29, 1.82) is 0 Å². The van der Waals surface area contributed by atoms with E-state index in [1.807, 2.05) is 0 Å². The first kappa shape index (κ1) is 9.53. The topological polar surface area (TPSA) is 12.5 Å². The smallest absolute Gasteiger partial charge is 0.122 e. The second-order valence-corrected chi connectivity index (χ2v) is 4.08. The highest BCUT2D eigenvalue weighted by Crippen LogP contribution is 2.28. The maximum Gasteiger partial charge on any atom is 0.122 e. The third-order valence-corrected chi connectivity index (χ3v) is 2.55. The Morgan fingerprint density at radius 3 is 3.00 bits per heavy atom. The maximum absolute atomic E-state index is 5.63. The van der Waals surface area contributed by atoms with Gasteiger partial charge in [-0.1, -0.05) is 12.1 Å². The molecule has 0 saturated carbocycles. The standard InChI is InChI=1S/C12H17NO/c1-13(2)9-10-5-3-7-12-11(10)6-4-8-14-12/h3,5,7H,4,6,8-9H2,1-2H3. The molecule has 0 radical (unpaired) electrons. The van der Waals surface area contributed by atoms with Crippen LogP contribution in [-0.2, 0) is 13.0 Å². The molecule has 0 fully saturated rings. The quantitative estimate of drug-likeness (QED) is 0.709. The molecule has 0 spiro atoms. The SMILES string of the molecule is CN(C)Cc1cccc2c1CCCO2. The molecule has 1 aromatic carbocycles. The summed E-state index contributed by atoms with van der Waals surface area (Å²) >= 11 is 0. The van der Waals surface area contributed by atoms with Crippen molar-refractivity contribution in [2.75, 3.05) is 20.7 Å². The highest BCUT2D eigenvalue weighted by Gasteiger charge is 2.13. The third kappa shape index (κ3) is 1.90. The average Bonchev–Trinajstić information content (AvgIpc) is 2.18. The van der Waals surface area contributed by atoms with E-state index in [4.69, 9.17) is 4.74 Å². The molecule has 0 N–H and O–H groups in total. The molecule has 0 saturated heterocycles. The minimum Gasteiger partial charge on any atom is -0.493 e. The molecule has 14 heavy (non-hydrogen) atoms. The van der Waals surface area contributed by atoms with Gasteiger partial charge in [-0.25, -0.2) is 0 Å². The summed E-state index contributed by atoms with van der Waals surface area (Å²) in [5.41, 5.74) is 2.82. The molecule has 0 unspecified atom stereocenters. The highest BCUT2D eigenvalue weighted by atomic mass is 16.5. The van der Waals surface area contributed by atoms with Crippen molar-refractivity contribution in [1.82, 2.24) is 4.90 Å². The molecule has 2 rings (SSSR count). The molecule has 0 aromatic heterocycles. The van der Waals surface area contributed by atoms with Crippen molar-refractivity contribution in [2.45, 2.75) is 19.4 Å². The maximum atomic E-state index is 5.63. The third-order valence-electron chi connectivity index (χ3n) is 2.55. The van der Waals surface area contributed by atoms with Crippen LogP contribution < -0.4 is 4.74 Å². The lowest BCUT2D eigenvalue weighted by molar-refractivity contribution is 0.285. The zero-order valence-electron chi connectivity index (χ0n) is 8.92. The monoisotopic (exact) mass is 191 g/mol. The van der Waals surface area contributed by atoms with Crippen molar-refractivity contribution < 1.29 is 4.74 Å². The summed E-state index contributed by atoms with van der Waals surface area (Å²) in [5.74, 6) is 1.09. The van der Waals surface area contributed by atoms with Crippen LogP contribution in [0.5, 0.6) is 5.75 Å². The number of rotatable bonds is 2. The van der Waals surface area contributed by atoms with Gasteiger partial charge in [-0.15, -0.1) is 0 Å². The van der Waals surface area contributed by atoms with Crippen molar-refractivity contribution >= 4 is 0 Å². The normalized spacial score (nSPS) is 15.1. The Morgan fingerprint density at radius 2 is 2.21 bits per heavy atom. The fourth-order valence-electron chi connectivity index (χ4n) is 1.95. The van der Waals surface area contributed by atoms with Crippen LogP contribution in [0.3, 0.4) is 0 Å². The summed E-state index contributed by atoms with van der Waals surface area (Å²) in [6, 6.07) is 6.37. The summed E-state index contributed by atoms with van der Waals surface area (Å²) in [5, 5.41) is 0. The highest BCUT2D eigenvalue weighted by molar-refractivity contribution is 5.41. The lowest BCUT2D eigenvalue weighted by Crippen LogP contribution is -2.15. The molecule has 0 bridgehead atoms. The molecule has 1 aromatic rings. The predicted octanol–water partition coefficient (Wildman–Crippen LogP) is 2.07. The van der Waals surface area contributed by atoms with Crippen molar-refractivity contribution in [3.05, 3.63) is 29.3 Å². The first-order valence-corrected chi connectivity index (χ1v) is 5.15. The first-order chi connectivity index (χ1) is 6.77. The number of hydrogen-bond donors (Lipinski definition) is 0. The Morgan fingerprint density at radius 1 is 1.36 bits per heavy atom. The van der Waals surface area contributed by atoms with E-state index in [0.29, 0.717) is 0 Å². The molecule has 0 aliphatic carbocycles. The Balaban J connectivity index is 2.30. The van der Waals surface area contributed by atoms with Gasteiger partial charge in [-0.2, -0.15) is 0 Å². The molecule has 76 valence electrons. The summed E-state index contributed by atoms with van der Waals surface area (Å²) in [6.45, 7) is 1.88. The predicted molar refractivity (Wildman–Crippen MR) is 57.6 cm³/mol. The Bertz CT molecular complexity index is 320. The lowest BCUT2D eigenvalue weighted by Gasteiger charge is -2.21. The van der Waals surface area contributed by atoms with E-state index in [1.54, 1.807) is 0 Å². The van der Waals surface area contributed by atoms with E-state index < -0.39 is 0 Å². The molecule has 0 atom stereocenters. The van der Waals surface area contributed by atoms with Gasteiger partial charge in [0, 0.05) is 6.54 Å². The summed E-state index contributed by atoms with van der Waals surface area (Å²) in [7, 11) is 4.20. The molecule has 2 nitrogen and oxygen atoms in total. The minimum absolute atomic E-state index is 0.873. The van der Waals surface area contributed by atoms with Gasteiger partial charge in [0.2, 0.25) is 0 Å². The number of ether oxygens (including phenoxy) is 1. The molecular formula is C12H17NO. The van der Waals surface area contributed by atoms with Gasteiger partial charge < -0.3 is 9.64 Å². The zero-order valence-corrected chi connectivity index (χ0v) is 8.92. The molecule has 1 aliphatic heterocycles. The minimum atomic E-state index is 0.873. The fraction of sp³-hybridized carbons (Fsp3) is 0.500. The van der Waals surface area contributed by atoms with Gasteiger partial charge in [0.1, 0.15) is 5.75 Å². The lowest BCUT2D eigenvalue weighted by atomic mass is 10.00. The molecule has 1 aliphatic rings. The number of hydrogen-bond acceptors (Lipinski definition) is 2. The van der Waals surface area contributed by atoms with Gasteiger partial charge in [0.15, 0.2) is 0 Å². The van der Waals surface area contributed by atoms with E-state index in [0.717, 1.165) is 25.3 Å². The Kier molecular flexibility index (Phi) is 2.73. The summed E-state index contributed by atoms with van der Waals surface area (Å²) in [4.78, 5) is 2.20. The van der Waals surface area contributed by atoms with Gasteiger partial charge in [0.05, 0.1) is 6.61 Å². The van der Waals surface area contributed by atoms with Crippen LogP contribution in [0.25, 0.3) is 0 Å². The van der Waals surface area contributed by atoms with Crippen molar-refractivity contribution in [2.24, 2.45) is 0 Å². The van der Waals surface area contributed by atoms with E-state index in [9.17, 15) is 0 Å². The van der Waals surface area contributed by atoms with Gasteiger partial charge >= 0.3 is 0 Å². The largest absolute Gasteiger partial charge is 0.493 e. The van der Waals surface area contributed by atoms with E-state index in [-0.39, 0.29) is 0 Å². The van der Waals surface area contributed by atoms with Crippen molar-refractivity contribution in [3.63, 3.8) is 0 Å². The molecule has 1 heterocycles. The van der Waals surface area contributed by atoms with Gasteiger partial charge in [-0.05, 0) is 44.1 Å². The van der Waals surface area contributed by atoms with E-state index in [2.05, 4.69) is 37.2 Å². The van der Waals surface area contributed by atoms with Crippen LogP contribution in [0.1, 0.15) is 17.5 Å². The number of benzene rings is 1. The van der Waals surface area contributed by atoms with Crippen LogP contribution in [0.15, 0.2) is 18.2 Å². The molecule has 2 heteroatoms. The van der Waals surface area contributed by atoms with Gasteiger partial charge in [0.25, 0.3) is 0 Å². The van der Waals surface area contributed by atoms with Crippen LogP contribution >= 0.6 is 0 Å². The molecular weight excluding hydrogens is 174 g/mol. The fourth-order valence-corrected chi connectivity index (χ4v) is 1.95. The van der Waals surface area contributed by atoms with Crippen LogP contribution in [0.4, 0.5) is 0 Å². The summed E-state index contributed by atoms with van der Waals surface area (Å²) in [6.07, 6.45) is 2.32.